The van der Waals surface area contributed by atoms with E-state index in [4.69, 9.17) is 0 Å². The highest BCUT2D eigenvalue weighted by atomic mass is 32.2. The molecular formula is C14H22FNO3S. The number of sulfonamides is 1. The molecule has 2 atom stereocenters. The van der Waals surface area contributed by atoms with Crippen molar-refractivity contribution >= 4 is 10.0 Å². The normalized spacial score (nSPS) is 16.7. The summed E-state index contributed by atoms with van der Waals surface area (Å²) in [5.74, 6) is -0.625. The first-order chi connectivity index (χ1) is 9.12. The highest BCUT2D eigenvalue weighted by molar-refractivity contribution is 7.89. The van der Waals surface area contributed by atoms with Crippen LogP contribution >= 0.6 is 0 Å². The third-order valence-corrected chi connectivity index (χ3v) is 5.35. The highest BCUT2D eigenvalue weighted by Gasteiger charge is 2.29. The standard InChI is InChI=1S/C14H22FNO3S/c1-5-10(2)14(4,17)9-16-20(18,19)13-8-6-7-12(15)11(13)3/h6-8,10,16-17H,5,9H2,1-4H3. The van der Waals surface area contributed by atoms with E-state index < -0.39 is 21.4 Å². The minimum Gasteiger partial charge on any atom is -0.389 e. The molecule has 1 rings (SSSR count). The van der Waals surface area contributed by atoms with Crippen LogP contribution < -0.4 is 4.72 Å². The second-order valence-corrected chi connectivity index (χ2v) is 7.09. The summed E-state index contributed by atoms with van der Waals surface area (Å²) in [6.45, 7) is 6.66. The number of benzene rings is 1. The zero-order valence-electron chi connectivity index (χ0n) is 12.3. The molecule has 0 aromatic heterocycles. The average Bonchev–Trinajstić information content (AvgIpc) is 2.38. The van der Waals surface area contributed by atoms with Crippen LogP contribution in [0.4, 0.5) is 4.39 Å². The van der Waals surface area contributed by atoms with Gasteiger partial charge in [-0.05, 0) is 31.9 Å². The van der Waals surface area contributed by atoms with Gasteiger partial charge in [0.15, 0.2) is 0 Å². The molecule has 0 fully saturated rings. The summed E-state index contributed by atoms with van der Waals surface area (Å²) in [6.07, 6.45) is 0.730. The molecule has 0 aliphatic rings. The number of hydrogen-bond donors (Lipinski definition) is 2. The molecule has 4 nitrogen and oxygen atoms in total. The highest BCUT2D eigenvalue weighted by Crippen LogP contribution is 2.21. The fraction of sp³-hybridized carbons (Fsp3) is 0.571. The molecule has 0 heterocycles. The predicted molar refractivity (Wildman–Crippen MR) is 76.4 cm³/mol. The van der Waals surface area contributed by atoms with Gasteiger partial charge in [0.05, 0.1) is 10.5 Å². The smallest absolute Gasteiger partial charge is 0.241 e. The molecule has 0 aliphatic carbocycles. The minimum absolute atomic E-state index is 0.0567. The Hall–Kier alpha value is -0.980. The van der Waals surface area contributed by atoms with Crippen LogP contribution in [0.1, 0.15) is 32.8 Å². The van der Waals surface area contributed by atoms with Gasteiger partial charge in [0.25, 0.3) is 0 Å². The maximum Gasteiger partial charge on any atom is 0.241 e. The largest absolute Gasteiger partial charge is 0.389 e. The van der Waals surface area contributed by atoms with E-state index in [2.05, 4.69) is 4.72 Å². The van der Waals surface area contributed by atoms with Gasteiger partial charge in [0.2, 0.25) is 10.0 Å². The van der Waals surface area contributed by atoms with Gasteiger partial charge in [-0.15, -0.1) is 0 Å². The van der Waals surface area contributed by atoms with E-state index in [0.717, 1.165) is 6.42 Å². The molecule has 20 heavy (non-hydrogen) atoms. The van der Waals surface area contributed by atoms with Gasteiger partial charge in [0, 0.05) is 12.1 Å². The zero-order valence-corrected chi connectivity index (χ0v) is 13.1. The maximum atomic E-state index is 13.4. The Morgan fingerprint density at radius 1 is 1.45 bits per heavy atom. The zero-order chi connectivity index (χ0) is 15.6. The van der Waals surface area contributed by atoms with Gasteiger partial charge >= 0.3 is 0 Å². The van der Waals surface area contributed by atoms with Gasteiger partial charge in [0.1, 0.15) is 5.82 Å². The molecule has 1 aromatic rings. The van der Waals surface area contributed by atoms with Crippen molar-refractivity contribution in [3.63, 3.8) is 0 Å². The maximum absolute atomic E-state index is 13.4. The Morgan fingerprint density at radius 2 is 2.05 bits per heavy atom. The lowest BCUT2D eigenvalue weighted by atomic mass is 9.89. The van der Waals surface area contributed by atoms with Gasteiger partial charge in [-0.25, -0.2) is 17.5 Å². The van der Waals surface area contributed by atoms with E-state index in [1.807, 2.05) is 13.8 Å². The molecule has 0 amide bonds. The molecule has 0 aliphatic heterocycles. The fourth-order valence-electron chi connectivity index (χ4n) is 1.81. The van der Waals surface area contributed by atoms with Gasteiger partial charge < -0.3 is 5.11 Å². The number of nitrogens with one attached hydrogen (secondary N) is 1. The Bertz CT molecular complexity index is 570. The third-order valence-electron chi connectivity index (χ3n) is 3.80. The molecule has 114 valence electrons. The summed E-state index contributed by atoms with van der Waals surface area (Å²) in [5.41, 5.74) is -1.08. The van der Waals surface area contributed by atoms with E-state index in [1.165, 1.54) is 25.1 Å². The lowest BCUT2D eigenvalue weighted by Gasteiger charge is -2.29. The molecule has 2 N–H and O–H groups in total. The molecule has 0 saturated heterocycles. The monoisotopic (exact) mass is 303 g/mol. The van der Waals surface area contributed by atoms with Gasteiger partial charge in [-0.3, -0.25) is 0 Å². The average molecular weight is 303 g/mol. The van der Waals surface area contributed by atoms with Crippen molar-refractivity contribution < 1.29 is 17.9 Å². The van der Waals surface area contributed by atoms with Crippen LogP contribution in [0.3, 0.4) is 0 Å². The summed E-state index contributed by atoms with van der Waals surface area (Å²) in [5, 5.41) is 10.2. The van der Waals surface area contributed by atoms with Crippen molar-refractivity contribution in [3.8, 4) is 0 Å². The van der Waals surface area contributed by atoms with Crippen LogP contribution in [-0.4, -0.2) is 25.7 Å². The lowest BCUT2D eigenvalue weighted by Crippen LogP contribution is -2.45. The van der Waals surface area contributed by atoms with Gasteiger partial charge in [-0.1, -0.05) is 26.3 Å². The molecule has 0 saturated carbocycles. The number of hydrogen-bond acceptors (Lipinski definition) is 3. The molecule has 1 aromatic carbocycles. The topological polar surface area (TPSA) is 66.4 Å². The van der Waals surface area contributed by atoms with Crippen molar-refractivity contribution in [3.05, 3.63) is 29.6 Å². The Morgan fingerprint density at radius 3 is 2.60 bits per heavy atom. The molecule has 0 radical (unpaired) electrons. The molecule has 0 bridgehead atoms. The van der Waals surface area contributed by atoms with Crippen LogP contribution in [-0.2, 0) is 10.0 Å². The van der Waals surface area contributed by atoms with Gasteiger partial charge in [-0.2, -0.15) is 0 Å². The quantitative estimate of drug-likeness (QED) is 0.847. The second-order valence-electron chi connectivity index (χ2n) is 5.35. The molecular weight excluding hydrogens is 281 g/mol. The number of aliphatic hydroxyl groups is 1. The minimum atomic E-state index is -3.84. The molecule has 2 unspecified atom stereocenters. The van der Waals surface area contributed by atoms with Crippen LogP contribution in [0.25, 0.3) is 0 Å². The van der Waals surface area contributed by atoms with E-state index in [-0.39, 0.29) is 22.9 Å². The number of halogens is 1. The van der Waals surface area contributed by atoms with E-state index in [9.17, 15) is 17.9 Å². The first-order valence-electron chi connectivity index (χ1n) is 6.59. The Balaban J connectivity index is 2.94. The van der Waals surface area contributed by atoms with Crippen LogP contribution in [0.15, 0.2) is 23.1 Å². The van der Waals surface area contributed by atoms with Crippen LogP contribution in [0.2, 0.25) is 0 Å². The SMILES string of the molecule is CCC(C)C(C)(O)CNS(=O)(=O)c1cccc(F)c1C. The van der Waals surface area contributed by atoms with Crippen LogP contribution in [0, 0.1) is 18.7 Å². The van der Waals surface area contributed by atoms with E-state index in [1.54, 1.807) is 6.92 Å². The first kappa shape index (κ1) is 17.1. The summed E-state index contributed by atoms with van der Waals surface area (Å²) in [4.78, 5) is -0.0996. The summed E-state index contributed by atoms with van der Waals surface area (Å²) < 4.78 is 40.1. The van der Waals surface area contributed by atoms with E-state index >= 15 is 0 Å². The Labute approximate surface area is 120 Å². The lowest BCUT2D eigenvalue weighted by molar-refractivity contribution is 0.0102. The summed E-state index contributed by atoms with van der Waals surface area (Å²) in [6, 6.07) is 3.91. The van der Waals surface area contributed by atoms with Crippen molar-refractivity contribution in [1.29, 1.82) is 0 Å². The summed E-state index contributed by atoms with van der Waals surface area (Å²) in [7, 11) is -3.84. The fourth-order valence-corrected chi connectivity index (χ4v) is 3.21. The Kier molecular flexibility index (Phi) is 5.29. The van der Waals surface area contributed by atoms with Crippen molar-refractivity contribution in [2.45, 2.75) is 44.6 Å². The predicted octanol–water partition coefficient (Wildman–Crippen LogP) is 2.21. The van der Waals surface area contributed by atoms with Crippen molar-refractivity contribution in [1.82, 2.24) is 4.72 Å². The van der Waals surface area contributed by atoms with E-state index in [0.29, 0.717) is 0 Å². The number of rotatable bonds is 6. The third kappa shape index (κ3) is 3.77. The van der Waals surface area contributed by atoms with Crippen molar-refractivity contribution in [2.24, 2.45) is 5.92 Å². The van der Waals surface area contributed by atoms with Crippen LogP contribution in [0.5, 0.6) is 0 Å². The molecule has 0 spiro atoms. The summed E-state index contributed by atoms with van der Waals surface area (Å²) >= 11 is 0. The second kappa shape index (κ2) is 6.20. The first-order valence-corrected chi connectivity index (χ1v) is 8.07. The van der Waals surface area contributed by atoms with Crippen molar-refractivity contribution in [2.75, 3.05) is 6.54 Å². The molecule has 6 heteroatoms.